The zero-order valence-electron chi connectivity index (χ0n) is 23.1. The first-order valence-electron chi connectivity index (χ1n) is 13.2. The first kappa shape index (κ1) is 28.2. The van der Waals surface area contributed by atoms with Gasteiger partial charge < -0.3 is 19.1 Å². The molecule has 3 heterocycles. The van der Waals surface area contributed by atoms with Crippen LogP contribution in [0.2, 0.25) is 0 Å². The molecule has 0 spiro atoms. The van der Waals surface area contributed by atoms with Crippen LogP contribution in [0.25, 0.3) is 11.6 Å². The van der Waals surface area contributed by atoms with E-state index in [1.54, 1.807) is 54.9 Å². The van der Waals surface area contributed by atoms with Crippen molar-refractivity contribution in [1.82, 2.24) is 24.8 Å². The Morgan fingerprint density at radius 2 is 1.71 bits per heavy atom. The minimum absolute atomic E-state index is 0.00553. The third-order valence-corrected chi connectivity index (χ3v) is 7.98. The highest BCUT2D eigenvalue weighted by Crippen LogP contribution is 2.41. The van der Waals surface area contributed by atoms with Crippen LogP contribution in [-0.4, -0.2) is 67.1 Å². The number of anilines is 1. The molecule has 12 heteroatoms. The number of sulfonamides is 1. The van der Waals surface area contributed by atoms with E-state index in [0.29, 0.717) is 18.1 Å². The van der Waals surface area contributed by atoms with Gasteiger partial charge in [-0.05, 0) is 63.7 Å². The van der Waals surface area contributed by atoms with Crippen molar-refractivity contribution in [3.8, 4) is 34.8 Å². The molecule has 1 saturated heterocycles. The molecule has 0 bridgehead atoms. The summed E-state index contributed by atoms with van der Waals surface area (Å²) in [6.07, 6.45) is 5.17. The lowest BCUT2D eigenvalue weighted by molar-refractivity contribution is 0.145. The number of aryl methyl sites for hydroxylation is 1. The van der Waals surface area contributed by atoms with Gasteiger partial charge in [-0.2, -0.15) is 4.98 Å². The molecule has 4 aromatic rings. The summed E-state index contributed by atoms with van der Waals surface area (Å²) in [6, 6.07) is 15.2. The SMILES string of the molecule is COc1ccccc1Oc1c(NS(=O)(=O)c2ccc(C)cc2)nc(-c2ncccn2)nc1OCC1CCCN(C)C1. The van der Waals surface area contributed by atoms with Gasteiger partial charge in [0.1, 0.15) is 0 Å². The van der Waals surface area contributed by atoms with Crippen molar-refractivity contribution in [2.75, 3.05) is 38.6 Å². The molecule has 2 aromatic heterocycles. The minimum Gasteiger partial charge on any atom is -0.493 e. The molecule has 0 amide bonds. The van der Waals surface area contributed by atoms with E-state index < -0.39 is 10.0 Å². The lowest BCUT2D eigenvalue weighted by atomic mass is 10.00. The number of benzene rings is 2. The summed E-state index contributed by atoms with van der Waals surface area (Å²) in [5.74, 6) is 1.24. The molecule has 0 radical (unpaired) electrons. The molecule has 214 valence electrons. The maximum atomic E-state index is 13.5. The number of likely N-dealkylation sites (tertiary alicyclic amines) is 1. The summed E-state index contributed by atoms with van der Waals surface area (Å²) in [5.41, 5.74) is 0.929. The second kappa shape index (κ2) is 12.5. The van der Waals surface area contributed by atoms with E-state index in [-0.39, 0.29) is 39.9 Å². The number of nitrogens with one attached hydrogen (secondary N) is 1. The fourth-order valence-corrected chi connectivity index (χ4v) is 5.53. The lowest BCUT2D eigenvalue weighted by Gasteiger charge is -2.29. The minimum atomic E-state index is -4.07. The number of para-hydroxylation sites is 2. The highest BCUT2D eigenvalue weighted by molar-refractivity contribution is 7.92. The number of hydrogen-bond acceptors (Lipinski definition) is 10. The van der Waals surface area contributed by atoms with Crippen LogP contribution in [0.3, 0.4) is 0 Å². The van der Waals surface area contributed by atoms with E-state index in [0.717, 1.165) is 31.5 Å². The van der Waals surface area contributed by atoms with Crippen molar-refractivity contribution in [1.29, 1.82) is 0 Å². The van der Waals surface area contributed by atoms with Crippen LogP contribution in [-0.2, 0) is 10.0 Å². The molecule has 0 aliphatic carbocycles. The monoisotopic (exact) mass is 576 g/mol. The first-order valence-corrected chi connectivity index (χ1v) is 14.7. The Balaban J connectivity index is 1.62. The summed E-state index contributed by atoms with van der Waals surface area (Å²) in [6.45, 7) is 4.14. The zero-order valence-corrected chi connectivity index (χ0v) is 24.0. The number of aromatic nitrogens is 4. The molecular formula is C29H32N6O5S. The Bertz CT molecular complexity index is 1590. The van der Waals surface area contributed by atoms with E-state index in [1.165, 1.54) is 19.2 Å². The van der Waals surface area contributed by atoms with Crippen LogP contribution in [0, 0.1) is 12.8 Å². The van der Waals surface area contributed by atoms with Crippen molar-refractivity contribution in [3.05, 3.63) is 72.6 Å². The summed E-state index contributed by atoms with van der Waals surface area (Å²) in [4.78, 5) is 20.0. The van der Waals surface area contributed by atoms with Gasteiger partial charge in [0.05, 0.1) is 18.6 Å². The van der Waals surface area contributed by atoms with Crippen molar-refractivity contribution >= 4 is 15.8 Å². The predicted octanol–water partition coefficient (Wildman–Crippen LogP) is 4.56. The third-order valence-electron chi connectivity index (χ3n) is 6.62. The number of piperidine rings is 1. The molecule has 2 aromatic carbocycles. The first-order chi connectivity index (χ1) is 19.8. The van der Waals surface area contributed by atoms with Gasteiger partial charge in [-0.3, -0.25) is 4.72 Å². The second-order valence-corrected chi connectivity index (χ2v) is 11.5. The number of hydrogen-bond donors (Lipinski definition) is 1. The van der Waals surface area contributed by atoms with Crippen molar-refractivity contribution in [2.24, 2.45) is 5.92 Å². The van der Waals surface area contributed by atoms with E-state index in [9.17, 15) is 8.42 Å². The second-order valence-electron chi connectivity index (χ2n) is 9.86. The van der Waals surface area contributed by atoms with Crippen LogP contribution in [0.4, 0.5) is 5.82 Å². The molecule has 5 rings (SSSR count). The van der Waals surface area contributed by atoms with Crippen molar-refractivity contribution in [3.63, 3.8) is 0 Å². The molecule has 1 fully saturated rings. The summed E-state index contributed by atoms with van der Waals surface area (Å²) >= 11 is 0. The van der Waals surface area contributed by atoms with Gasteiger partial charge in [0.15, 0.2) is 23.1 Å². The molecular weight excluding hydrogens is 544 g/mol. The molecule has 41 heavy (non-hydrogen) atoms. The van der Waals surface area contributed by atoms with E-state index in [4.69, 9.17) is 14.2 Å². The fourth-order valence-electron chi connectivity index (χ4n) is 4.53. The highest BCUT2D eigenvalue weighted by atomic mass is 32.2. The molecule has 11 nitrogen and oxygen atoms in total. The van der Waals surface area contributed by atoms with E-state index in [1.807, 2.05) is 6.92 Å². The summed E-state index contributed by atoms with van der Waals surface area (Å²) in [7, 11) is -0.474. The van der Waals surface area contributed by atoms with Gasteiger partial charge in [-0.25, -0.2) is 23.4 Å². The van der Waals surface area contributed by atoms with E-state index >= 15 is 0 Å². The smallest absolute Gasteiger partial charge is 0.263 e. The van der Waals surface area contributed by atoms with Crippen molar-refractivity contribution in [2.45, 2.75) is 24.7 Å². The van der Waals surface area contributed by atoms with Crippen molar-refractivity contribution < 1.29 is 22.6 Å². The Kier molecular flexibility index (Phi) is 8.60. The number of rotatable bonds is 10. The number of nitrogens with zero attached hydrogens (tertiary/aromatic N) is 5. The quantitative estimate of drug-likeness (QED) is 0.287. The summed E-state index contributed by atoms with van der Waals surface area (Å²) < 4.78 is 47.6. The van der Waals surface area contributed by atoms with Crippen LogP contribution < -0.4 is 18.9 Å². The molecule has 1 aliphatic rings. The molecule has 1 N–H and O–H groups in total. The Morgan fingerprint density at radius 1 is 0.976 bits per heavy atom. The van der Waals surface area contributed by atoms with Crippen LogP contribution in [0.15, 0.2) is 71.9 Å². The molecule has 0 saturated carbocycles. The van der Waals surface area contributed by atoms with Gasteiger partial charge in [-0.1, -0.05) is 29.8 Å². The third kappa shape index (κ3) is 6.90. The highest BCUT2D eigenvalue weighted by Gasteiger charge is 2.27. The van der Waals surface area contributed by atoms with Crippen LogP contribution in [0.5, 0.6) is 23.1 Å². The predicted molar refractivity (Wildman–Crippen MR) is 154 cm³/mol. The average molecular weight is 577 g/mol. The molecule has 1 atom stereocenters. The van der Waals surface area contributed by atoms with Gasteiger partial charge in [-0.15, -0.1) is 0 Å². The van der Waals surface area contributed by atoms with E-state index in [2.05, 4.69) is 36.6 Å². The van der Waals surface area contributed by atoms with Crippen LogP contribution in [0.1, 0.15) is 18.4 Å². The average Bonchev–Trinajstić information content (AvgIpc) is 2.98. The standard InChI is InChI=1S/C29H32N6O5S/c1-20-11-13-22(14-12-20)41(36,37)34-26-25(40-24-10-5-4-9-23(24)38-3)29(39-19-21-8-6-17-35(2)18-21)33-28(32-26)27-30-15-7-16-31-27/h4-5,7,9-16,21H,6,8,17-19H2,1-3H3,(H,32,33,34). The Morgan fingerprint density at radius 3 is 2.41 bits per heavy atom. The fraction of sp³-hybridized carbons (Fsp3) is 0.310. The summed E-state index contributed by atoms with van der Waals surface area (Å²) in [5, 5.41) is 0. The van der Waals surface area contributed by atoms with Gasteiger partial charge in [0.2, 0.25) is 11.6 Å². The maximum absolute atomic E-state index is 13.5. The Labute approximate surface area is 239 Å². The lowest BCUT2D eigenvalue weighted by Crippen LogP contribution is -2.34. The van der Waals surface area contributed by atoms with Gasteiger partial charge in [0, 0.05) is 24.9 Å². The maximum Gasteiger partial charge on any atom is 0.263 e. The molecule has 1 unspecified atom stereocenters. The normalized spacial score (nSPS) is 15.7. The topological polar surface area (TPSA) is 129 Å². The largest absolute Gasteiger partial charge is 0.493 e. The van der Waals surface area contributed by atoms with Gasteiger partial charge >= 0.3 is 0 Å². The molecule has 1 aliphatic heterocycles. The van der Waals surface area contributed by atoms with Crippen LogP contribution >= 0.6 is 0 Å². The number of ether oxygens (including phenoxy) is 3. The van der Waals surface area contributed by atoms with Gasteiger partial charge in [0.25, 0.3) is 15.9 Å². The Hall–Kier alpha value is -4.29. The zero-order chi connectivity index (χ0) is 28.8. The number of methoxy groups -OCH3 is 1.